The fraction of sp³-hybridized carbons (Fsp3) is 0.778. The molecule has 1 aromatic rings. The number of amides is 2. The number of likely N-dealkylation sites (tertiary alicyclic amines) is 1. The van der Waals surface area contributed by atoms with E-state index in [0.717, 1.165) is 45.2 Å². The summed E-state index contributed by atoms with van der Waals surface area (Å²) >= 11 is 0. The van der Waals surface area contributed by atoms with E-state index >= 15 is 0 Å². The first-order valence-electron chi connectivity index (χ1n) is 9.20. The summed E-state index contributed by atoms with van der Waals surface area (Å²) in [6.07, 6.45) is 10.9. The second-order valence-electron chi connectivity index (χ2n) is 7.13. The van der Waals surface area contributed by atoms with Crippen LogP contribution in [0.3, 0.4) is 0 Å². The summed E-state index contributed by atoms with van der Waals surface area (Å²) in [4.78, 5) is 18.7. The van der Waals surface area contributed by atoms with Crippen LogP contribution in [0, 0.1) is 5.41 Å². The van der Waals surface area contributed by atoms with Gasteiger partial charge in [0.15, 0.2) is 0 Å². The number of nitrogens with zero attached hydrogens (tertiary/aromatic N) is 3. The highest BCUT2D eigenvalue weighted by molar-refractivity contribution is 5.75. The average molecular weight is 334 g/mol. The van der Waals surface area contributed by atoms with Crippen molar-refractivity contribution in [2.45, 2.75) is 64.1 Å². The van der Waals surface area contributed by atoms with Crippen molar-refractivity contribution in [3.63, 3.8) is 0 Å². The fourth-order valence-corrected chi connectivity index (χ4v) is 4.57. The van der Waals surface area contributed by atoms with Crippen LogP contribution in [0.15, 0.2) is 18.7 Å². The van der Waals surface area contributed by atoms with Crippen molar-refractivity contribution in [3.05, 3.63) is 18.7 Å². The molecule has 2 amide bonds. The predicted octanol–water partition coefficient (Wildman–Crippen LogP) is 2.82. The van der Waals surface area contributed by atoms with Crippen molar-refractivity contribution in [1.82, 2.24) is 19.8 Å². The molecule has 1 aliphatic carbocycles. The van der Waals surface area contributed by atoms with E-state index in [9.17, 15) is 4.79 Å². The quantitative estimate of drug-likeness (QED) is 0.901. The maximum atomic E-state index is 12.7. The molecule has 6 heteroatoms. The smallest absolute Gasteiger partial charge is 0.317 e. The molecule has 1 aliphatic heterocycles. The normalized spacial score (nSPS) is 26.9. The summed E-state index contributed by atoms with van der Waals surface area (Å²) in [6, 6.07) is 0.782. The highest BCUT2D eigenvalue weighted by Gasteiger charge is 2.53. The van der Waals surface area contributed by atoms with Crippen LogP contribution in [-0.2, 0) is 4.74 Å². The maximum absolute atomic E-state index is 12.7. The van der Waals surface area contributed by atoms with Gasteiger partial charge in [-0.1, -0.05) is 13.8 Å². The number of rotatable bonds is 5. The number of hydrogen-bond donors (Lipinski definition) is 1. The van der Waals surface area contributed by atoms with Crippen LogP contribution in [0.5, 0.6) is 0 Å². The Morgan fingerprint density at radius 1 is 1.33 bits per heavy atom. The van der Waals surface area contributed by atoms with Crippen LogP contribution in [0.1, 0.15) is 52.0 Å². The number of ether oxygens (including phenoxy) is 1. The van der Waals surface area contributed by atoms with Crippen LogP contribution >= 0.6 is 0 Å². The molecule has 3 rings (SSSR count). The molecule has 1 aromatic heterocycles. The van der Waals surface area contributed by atoms with Crippen LogP contribution in [-0.4, -0.2) is 52.8 Å². The molecule has 0 bridgehead atoms. The Hall–Kier alpha value is -1.56. The minimum atomic E-state index is 0.0879. The van der Waals surface area contributed by atoms with Gasteiger partial charge < -0.3 is 19.5 Å². The van der Waals surface area contributed by atoms with E-state index in [4.69, 9.17) is 4.74 Å². The molecule has 0 unspecified atom stereocenters. The Bertz CT molecular complexity index is 533. The van der Waals surface area contributed by atoms with Crippen LogP contribution in [0.25, 0.3) is 0 Å². The molecular formula is C18H30N4O2. The van der Waals surface area contributed by atoms with E-state index in [1.807, 2.05) is 23.6 Å². The van der Waals surface area contributed by atoms with E-state index in [2.05, 4.69) is 28.7 Å². The van der Waals surface area contributed by atoms with Gasteiger partial charge in [0.2, 0.25) is 0 Å². The van der Waals surface area contributed by atoms with Gasteiger partial charge in [0.05, 0.1) is 12.4 Å². The first-order chi connectivity index (χ1) is 11.6. The molecule has 6 nitrogen and oxygen atoms in total. The third kappa shape index (κ3) is 2.92. The predicted molar refractivity (Wildman–Crippen MR) is 92.8 cm³/mol. The summed E-state index contributed by atoms with van der Waals surface area (Å²) in [5.74, 6) is 0. The molecule has 1 saturated heterocycles. The van der Waals surface area contributed by atoms with E-state index in [0.29, 0.717) is 6.04 Å². The first kappa shape index (κ1) is 17.3. The molecule has 2 fully saturated rings. The van der Waals surface area contributed by atoms with Crippen molar-refractivity contribution in [3.8, 4) is 0 Å². The minimum absolute atomic E-state index is 0.0879. The highest BCUT2D eigenvalue weighted by atomic mass is 16.5. The number of carbonyl (C=O) groups excluding carboxylic acids is 1. The van der Waals surface area contributed by atoms with Gasteiger partial charge in [0.25, 0.3) is 0 Å². The Labute approximate surface area is 144 Å². The lowest BCUT2D eigenvalue weighted by Gasteiger charge is -2.55. The summed E-state index contributed by atoms with van der Waals surface area (Å²) < 4.78 is 7.78. The molecule has 1 N–H and O–H groups in total. The molecule has 2 heterocycles. The van der Waals surface area contributed by atoms with Gasteiger partial charge in [-0.25, -0.2) is 9.78 Å². The Morgan fingerprint density at radius 2 is 2.04 bits per heavy atom. The van der Waals surface area contributed by atoms with Crippen molar-refractivity contribution >= 4 is 6.03 Å². The highest BCUT2D eigenvalue weighted by Crippen LogP contribution is 2.48. The van der Waals surface area contributed by atoms with Gasteiger partial charge in [0, 0.05) is 50.1 Å². The zero-order valence-corrected chi connectivity index (χ0v) is 15.1. The van der Waals surface area contributed by atoms with Gasteiger partial charge in [0.1, 0.15) is 0 Å². The Morgan fingerprint density at radius 3 is 2.58 bits per heavy atom. The number of urea groups is 1. The molecule has 1 saturated carbocycles. The van der Waals surface area contributed by atoms with Gasteiger partial charge in [-0.15, -0.1) is 0 Å². The molecule has 2 atom stereocenters. The van der Waals surface area contributed by atoms with Crippen molar-refractivity contribution in [1.29, 1.82) is 0 Å². The molecule has 24 heavy (non-hydrogen) atoms. The standard InChI is InChI=1S/C18H30N4O2/c1-4-18(5-2)15(12-16(18)24-3)20-17(23)21-9-6-14(7-10-21)22-11-8-19-13-22/h8,11,13-16H,4-7,9-10,12H2,1-3H3,(H,20,23)/t15-,16+/m0/s1. The van der Waals surface area contributed by atoms with E-state index in [-0.39, 0.29) is 23.6 Å². The summed E-state index contributed by atoms with van der Waals surface area (Å²) in [7, 11) is 1.78. The lowest BCUT2D eigenvalue weighted by atomic mass is 9.58. The van der Waals surface area contributed by atoms with Gasteiger partial charge in [-0.2, -0.15) is 0 Å². The van der Waals surface area contributed by atoms with E-state index in [1.54, 1.807) is 7.11 Å². The largest absolute Gasteiger partial charge is 0.381 e. The molecule has 2 aliphatic rings. The zero-order chi connectivity index (χ0) is 17.2. The number of nitrogens with one attached hydrogen (secondary N) is 1. The van der Waals surface area contributed by atoms with Crippen LogP contribution in [0.4, 0.5) is 4.79 Å². The number of piperidine rings is 1. The monoisotopic (exact) mass is 334 g/mol. The van der Waals surface area contributed by atoms with E-state index in [1.165, 1.54) is 0 Å². The molecule has 134 valence electrons. The number of methoxy groups -OCH3 is 1. The second kappa shape index (κ2) is 7.13. The van der Waals surface area contributed by atoms with Crippen molar-refractivity contribution in [2.24, 2.45) is 5.41 Å². The topological polar surface area (TPSA) is 59.4 Å². The summed E-state index contributed by atoms with van der Waals surface area (Å²) in [5.41, 5.74) is 0.0968. The number of imidazole rings is 1. The van der Waals surface area contributed by atoms with Crippen molar-refractivity contribution < 1.29 is 9.53 Å². The van der Waals surface area contributed by atoms with Gasteiger partial charge in [-0.05, 0) is 32.1 Å². The van der Waals surface area contributed by atoms with Crippen molar-refractivity contribution in [2.75, 3.05) is 20.2 Å². The number of hydrogen-bond acceptors (Lipinski definition) is 3. The number of aromatic nitrogens is 2. The minimum Gasteiger partial charge on any atom is -0.381 e. The Balaban J connectivity index is 1.53. The summed E-state index contributed by atoms with van der Waals surface area (Å²) in [6.45, 7) is 6.01. The average Bonchev–Trinajstić information content (AvgIpc) is 3.14. The molecule has 0 aromatic carbocycles. The molecule has 0 spiro atoms. The second-order valence-corrected chi connectivity index (χ2v) is 7.13. The lowest BCUT2D eigenvalue weighted by molar-refractivity contribution is -0.120. The zero-order valence-electron chi connectivity index (χ0n) is 15.1. The molecule has 0 radical (unpaired) electrons. The third-order valence-corrected chi connectivity index (χ3v) is 6.38. The SMILES string of the molecule is CCC1(CC)[C@@H](NC(=O)N2CCC(n3ccnc3)CC2)C[C@H]1OC. The lowest BCUT2D eigenvalue weighted by Crippen LogP contribution is -2.65. The van der Waals surface area contributed by atoms with Crippen LogP contribution < -0.4 is 5.32 Å². The van der Waals surface area contributed by atoms with E-state index < -0.39 is 0 Å². The first-order valence-corrected chi connectivity index (χ1v) is 9.20. The van der Waals surface area contributed by atoms with Gasteiger partial charge >= 0.3 is 6.03 Å². The number of carbonyl (C=O) groups is 1. The maximum Gasteiger partial charge on any atom is 0.317 e. The fourth-order valence-electron chi connectivity index (χ4n) is 4.57. The third-order valence-electron chi connectivity index (χ3n) is 6.38. The summed E-state index contributed by atoms with van der Waals surface area (Å²) in [5, 5.41) is 3.28. The molecular weight excluding hydrogens is 304 g/mol. The Kier molecular flexibility index (Phi) is 5.13. The van der Waals surface area contributed by atoms with Crippen LogP contribution in [0.2, 0.25) is 0 Å². The van der Waals surface area contributed by atoms with Gasteiger partial charge in [-0.3, -0.25) is 0 Å².